The molecule has 0 spiro atoms. The van der Waals surface area contributed by atoms with Crippen molar-refractivity contribution in [3.05, 3.63) is 268 Å². The highest BCUT2D eigenvalue weighted by molar-refractivity contribution is 6.30. The highest BCUT2D eigenvalue weighted by atomic mass is 35.5. The van der Waals surface area contributed by atoms with Crippen LogP contribution in [0.25, 0.3) is 34.4 Å². The fourth-order valence-corrected chi connectivity index (χ4v) is 10.5. The molecule has 0 fully saturated rings. The van der Waals surface area contributed by atoms with Crippen LogP contribution in [0.1, 0.15) is 197 Å². The zero-order valence-corrected chi connectivity index (χ0v) is 61.2. The van der Waals surface area contributed by atoms with Crippen molar-refractivity contribution in [3.63, 3.8) is 0 Å². The number of rotatable bonds is 15. The summed E-state index contributed by atoms with van der Waals surface area (Å²) in [6, 6.07) is 30.4. The first-order valence-electron chi connectivity index (χ1n) is 33.3. The Bertz CT molecular complexity index is 4340. The van der Waals surface area contributed by atoms with Crippen LogP contribution in [0, 0.1) is 47.4 Å². The van der Waals surface area contributed by atoms with E-state index in [2.05, 4.69) is 183 Å². The summed E-state index contributed by atoms with van der Waals surface area (Å²) in [4.78, 5) is 33.8. The molecule has 0 radical (unpaired) electrons. The molecule has 0 aliphatic heterocycles. The Hall–Kier alpha value is -9.62. The smallest absolute Gasteiger partial charge is 0.180 e. The molecule has 2 N–H and O–H groups in total. The first-order valence-corrected chi connectivity index (χ1v) is 33.7. The molecule has 12 aromatic rings. The van der Waals surface area contributed by atoms with Gasteiger partial charge in [-0.2, -0.15) is 0 Å². The Labute approximate surface area is 583 Å². The molecule has 0 amide bonds. The van der Waals surface area contributed by atoms with E-state index in [1.165, 1.54) is 39.1 Å². The van der Waals surface area contributed by atoms with Gasteiger partial charge in [-0.25, -0.2) is 44.3 Å². The zero-order chi connectivity index (χ0) is 71.5. The summed E-state index contributed by atoms with van der Waals surface area (Å²) in [7, 11) is 1.66. The molecular formula is C79H98ClFN14O3. The van der Waals surface area contributed by atoms with Crippen molar-refractivity contribution in [2.75, 3.05) is 7.11 Å². The van der Waals surface area contributed by atoms with Crippen LogP contribution in [0.4, 0.5) is 4.39 Å². The summed E-state index contributed by atoms with van der Waals surface area (Å²) in [5.74, 6) is 5.05. The maximum absolute atomic E-state index is 13.9. The number of nitrogens with zero attached hydrogens (tertiary/aromatic N) is 14. The lowest BCUT2D eigenvalue weighted by atomic mass is 10.00. The van der Waals surface area contributed by atoms with Crippen LogP contribution in [0.2, 0.25) is 5.15 Å². The number of aromatic nitrogens is 14. The highest BCUT2D eigenvalue weighted by Gasteiger charge is 2.15. The van der Waals surface area contributed by atoms with Crippen molar-refractivity contribution in [2.24, 2.45) is 0 Å². The SMILES string of the molecule is CC(C)c1ccc(-n2ccnc2)c(CO)c1.COc1cc(C(C)C)cnc1-n1cnc(C)c1.Cc1cn(-c2ccc(C(C)C)cc2C)cn1.Cc1cn(-c2ccc(C(C)C)cc2F)cn1.Cc1cn(-c2ccc(C(C)C)cn2)cn1.Cc1ncn(-c2ccc(C(C)C)cc2CO)c1Cl. The molecule has 0 aliphatic carbocycles. The highest BCUT2D eigenvalue weighted by Crippen LogP contribution is 2.29. The molecule has 4 aromatic carbocycles. The lowest BCUT2D eigenvalue weighted by Gasteiger charge is -2.13. The monoisotopic (exact) mass is 1340 g/mol. The summed E-state index contributed by atoms with van der Waals surface area (Å²) in [6.07, 6.45) is 25.6. The van der Waals surface area contributed by atoms with Gasteiger partial charge in [-0.1, -0.05) is 143 Å². The molecule has 516 valence electrons. The normalized spacial score (nSPS) is 11.0. The van der Waals surface area contributed by atoms with E-state index >= 15 is 0 Å². The number of benzene rings is 4. The molecular weight excluding hydrogens is 1250 g/mol. The average molecular weight is 1350 g/mol. The Morgan fingerprint density at radius 2 is 0.867 bits per heavy atom. The van der Waals surface area contributed by atoms with E-state index in [4.69, 9.17) is 16.3 Å². The van der Waals surface area contributed by atoms with Crippen LogP contribution < -0.4 is 4.74 Å². The molecule has 0 saturated heterocycles. The van der Waals surface area contributed by atoms with Gasteiger partial charge in [0.05, 0.1) is 84.8 Å². The molecule has 12 rings (SSSR count). The van der Waals surface area contributed by atoms with E-state index in [1.54, 1.807) is 66.2 Å². The maximum atomic E-state index is 13.9. The van der Waals surface area contributed by atoms with E-state index in [-0.39, 0.29) is 19.0 Å². The number of ether oxygens (including phenoxy) is 1. The zero-order valence-electron chi connectivity index (χ0n) is 60.4. The maximum Gasteiger partial charge on any atom is 0.180 e. The second-order valence-electron chi connectivity index (χ2n) is 26.2. The first kappa shape index (κ1) is 75.8. The summed E-state index contributed by atoms with van der Waals surface area (Å²) in [5.41, 5.74) is 18.7. The molecule has 17 nitrogen and oxygen atoms in total. The largest absolute Gasteiger partial charge is 0.493 e. The predicted octanol–water partition coefficient (Wildman–Crippen LogP) is 18.4. The lowest BCUT2D eigenvalue weighted by Crippen LogP contribution is -2.01. The minimum atomic E-state index is -0.205. The van der Waals surface area contributed by atoms with Crippen molar-refractivity contribution in [3.8, 4) is 40.1 Å². The third-order valence-corrected chi connectivity index (χ3v) is 16.9. The Morgan fingerprint density at radius 1 is 0.429 bits per heavy atom. The number of aliphatic hydroxyl groups excluding tert-OH is 2. The van der Waals surface area contributed by atoms with Crippen molar-refractivity contribution in [1.29, 1.82) is 0 Å². The summed E-state index contributed by atoms with van der Waals surface area (Å²) in [5, 5.41) is 19.5. The summed E-state index contributed by atoms with van der Waals surface area (Å²) < 4.78 is 30.5. The molecule has 0 atom stereocenters. The summed E-state index contributed by atoms with van der Waals surface area (Å²) >= 11 is 6.19. The molecule has 0 unspecified atom stereocenters. The molecule has 8 heterocycles. The Kier molecular flexibility index (Phi) is 27.5. The predicted molar refractivity (Wildman–Crippen MR) is 393 cm³/mol. The molecule has 98 heavy (non-hydrogen) atoms. The van der Waals surface area contributed by atoms with Gasteiger partial charge in [0.2, 0.25) is 0 Å². The van der Waals surface area contributed by atoms with Gasteiger partial charge in [-0.3, -0.25) is 13.7 Å². The fourth-order valence-electron chi connectivity index (χ4n) is 10.3. The first-order chi connectivity index (χ1) is 46.7. The minimum Gasteiger partial charge on any atom is -0.493 e. The van der Waals surface area contributed by atoms with Gasteiger partial charge in [-0.05, 0) is 158 Å². The van der Waals surface area contributed by atoms with E-state index < -0.39 is 0 Å². The van der Waals surface area contributed by atoms with Gasteiger partial charge in [-0.15, -0.1) is 0 Å². The number of imidazole rings is 6. The number of aliphatic hydroxyl groups is 2. The van der Waals surface area contributed by atoms with Crippen LogP contribution >= 0.6 is 11.6 Å². The third-order valence-electron chi connectivity index (χ3n) is 16.4. The Balaban J connectivity index is 0.000000166. The van der Waals surface area contributed by atoms with Gasteiger partial charge < -0.3 is 28.7 Å². The van der Waals surface area contributed by atoms with E-state index in [1.807, 2.05) is 128 Å². The van der Waals surface area contributed by atoms with Gasteiger partial charge in [0.15, 0.2) is 11.6 Å². The molecule has 0 bridgehead atoms. The van der Waals surface area contributed by atoms with Crippen molar-refractivity contribution < 1.29 is 19.3 Å². The van der Waals surface area contributed by atoms with Crippen LogP contribution in [0.5, 0.6) is 5.75 Å². The average Bonchev–Trinajstić information content (AvgIpc) is 1.57. The number of halogens is 2. The van der Waals surface area contributed by atoms with Gasteiger partial charge in [0, 0.05) is 66.4 Å². The lowest BCUT2D eigenvalue weighted by molar-refractivity contribution is 0.281. The van der Waals surface area contributed by atoms with Crippen LogP contribution in [0.3, 0.4) is 0 Å². The molecule has 8 aromatic heterocycles. The van der Waals surface area contributed by atoms with E-state index in [0.717, 1.165) is 73.9 Å². The van der Waals surface area contributed by atoms with Crippen molar-refractivity contribution in [1.82, 2.24) is 67.3 Å². The van der Waals surface area contributed by atoms with Gasteiger partial charge >= 0.3 is 0 Å². The topological polar surface area (TPSA) is 182 Å². The van der Waals surface area contributed by atoms with E-state index in [0.29, 0.717) is 46.3 Å². The standard InChI is InChI=1S/C14H17ClN2O.C14H18N2.C13H15FN2.C13H17N3O.C13H16N2O.C12H15N3/c1-9(2)11-4-5-13(12(6-11)7-18)17-8-16-10(3)14(17)15;1-10(2)13-5-6-14(11(3)7-13)16-8-12(4)15-9-16;1-9(2)11-4-5-13(12(14)6-11)16-7-10(3)15-8-16;1-9(2)11-5-12(17-4)13(14-6-11)16-7-10(3)15-8-16;1-10(2)11-3-4-13(12(7-11)8-16)15-6-5-14-9-15;1-9(2)11-4-5-12(13-6-11)15-7-10(3)14-8-15/h4-6,8-9,18H,7H2,1-3H3;5-10H,1-4H3;4-9H,1-3H3;5-9H,1-4H3;3-7,9-10,16H,8H2,1-2H3;4-9H,1-3H3. The minimum absolute atomic E-state index is 0.0105. The van der Waals surface area contributed by atoms with Gasteiger partial charge in [0.25, 0.3) is 0 Å². The number of aryl methyl sites for hydroxylation is 6. The van der Waals surface area contributed by atoms with E-state index in [9.17, 15) is 14.6 Å². The summed E-state index contributed by atoms with van der Waals surface area (Å²) in [6.45, 7) is 37.6. The fraction of sp³-hybridized carbons (Fsp3) is 0.342. The van der Waals surface area contributed by atoms with Gasteiger partial charge in [0.1, 0.15) is 35.8 Å². The second-order valence-corrected chi connectivity index (χ2v) is 26.5. The Morgan fingerprint density at radius 3 is 1.29 bits per heavy atom. The number of methoxy groups -OCH3 is 1. The van der Waals surface area contributed by atoms with Crippen molar-refractivity contribution in [2.45, 2.75) is 173 Å². The second kappa shape index (κ2) is 35.6. The number of hydrogen-bond donors (Lipinski definition) is 2. The number of hydrogen-bond acceptors (Lipinski definition) is 11. The molecule has 19 heteroatoms. The van der Waals surface area contributed by atoms with Crippen molar-refractivity contribution >= 4 is 11.6 Å². The quantitative estimate of drug-likeness (QED) is 0.0996. The van der Waals surface area contributed by atoms with Crippen LogP contribution in [-0.2, 0) is 13.2 Å². The molecule has 0 saturated carbocycles. The number of pyridine rings is 2. The van der Waals surface area contributed by atoms with Crippen LogP contribution in [-0.4, -0.2) is 84.6 Å². The third kappa shape index (κ3) is 20.5. The van der Waals surface area contributed by atoms with Crippen LogP contribution in [0.15, 0.2) is 179 Å². The molecule has 0 aliphatic rings.